The molecule has 1 saturated heterocycles. The lowest BCUT2D eigenvalue weighted by Gasteiger charge is -2.21. The molecular weight excluding hydrogens is 579 g/mol. The normalized spacial score (nSPS) is 18.8. The van der Waals surface area contributed by atoms with E-state index in [0.717, 1.165) is 54.8 Å². The Bertz CT molecular complexity index is 1500. The van der Waals surface area contributed by atoms with E-state index >= 15 is 0 Å². The van der Waals surface area contributed by atoms with Gasteiger partial charge in [-0.25, -0.2) is 18.4 Å². The summed E-state index contributed by atoms with van der Waals surface area (Å²) in [5.41, 5.74) is 1.32. The molecule has 2 N–H and O–H groups in total. The van der Waals surface area contributed by atoms with Crippen LogP contribution in [0.2, 0.25) is 0 Å². The highest BCUT2D eigenvalue weighted by molar-refractivity contribution is 7.91. The summed E-state index contributed by atoms with van der Waals surface area (Å²) in [5, 5.41) is 6.59. The molecule has 5 rings (SSSR count). The molecule has 1 unspecified atom stereocenters. The molecular formula is C27H32F3N5O4S2. The van der Waals surface area contributed by atoms with Crippen LogP contribution in [0.5, 0.6) is 0 Å². The molecule has 0 radical (unpaired) electrons. The average Bonchev–Trinajstić information content (AvgIpc) is 3.56. The van der Waals surface area contributed by atoms with Crippen molar-refractivity contribution in [1.82, 2.24) is 15.3 Å². The van der Waals surface area contributed by atoms with Gasteiger partial charge in [0.2, 0.25) is 5.95 Å². The molecule has 0 spiro atoms. The maximum Gasteiger partial charge on any atom is 0.420 e. The van der Waals surface area contributed by atoms with Gasteiger partial charge in [0.1, 0.15) is 5.56 Å². The SMILES string of the molecule is CCc1cc(N2CCC(NCCOC)C2)ccc1Nc1ncc(C(F)(F)F)c(-c2cc3c(s2)COCCS3(=O)=O)n1. The van der Waals surface area contributed by atoms with Gasteiger partial charge in [0.25, 0.3) is 0 Å². The van der Waals surface area contributed by atoms with Crippen LogP contribution < -0.4 is 15.5 Å². The van der Waals surface area contributed by atoms with Gasteiger partial charge in [0, 0.05) is 55.2 Å². The number of halogens is 3. The van der Waals surface area contributed by atoms with E-state index in [1.54, 1.807) is 7.11 Å². The number of sulfone groups is 1. The van der Waals surface area contributed by atoms with E-state index in [0.29, 0.717) is 29.6 Å². The maximum atomic E-state index is 14.0. The summed E-state index contributed by atoms with van der Waals surface area (Å²) >= 11 is 0.939. The summed E-state index contributed by atoms with van der Waals surface area (Å²) in [5.74, 6) is -0.237. The van der Waals surface area contributed by atoms with Gasteiger partial charge in [0.15, 0.2) is 9.84 Å². The van der Waals surface area contributed by atoms with Crippen LogP contribution in [-0.2, 0) is 38.5 Å². The minimum Gasteiger partial charge on any atom is -0.383 e. The van der Waals surface area contributed by atoms with E-state index in [9.17, 15) is 21.6 Å². The van der Waals surface area contributed by atoms with E-state index in [2.05, 4.69) is 31.6 Å². The smallest absolute Gasteiger partial charge is 0.383 e. The molecule has 2 aliphatic rings. The van der Waals surface area contributed by atoms with Crippen molar-refractivity contribution < 1.29 is 31.1 Å². The Kier molecular flexibility index (Phi) is 8.85. The number of aromatic nitrogens is 2. The quantitative estimate of drug-likeness (QED) is 0.335. The van der Waals surface area contributed by atoms with Gasteiger partial charge in [-0.15, -0.1) is 11.3 Å². The molecule has 0 bridgehead atoms. The second-order valence-corrected chi connectivity index (χ2v) is 13.1. The lowest BCUT2D eigenvalue weighted by atomic mass is 10.1. The van der Waals surface area contributed by atoms with Gasteiger partial charge in [-0.05, 0) is 42.7 Å². The molecule has 2 aromatic heterocycles. The van der Waals surface area contributed by atoms with Crippen LogP contribution in [0, 0.1) is 0 Å². The van der Waals surface area contributed by atoms with Gasteiger partial charge < -0.3 is 25.0 Å². The second-order valence-electron chi connectivity index (χ2n) is 9.92. The van der Waals surface area contributed by atoms with Crippen LogP contribution in [0.25, 0.3) is 10.6 Å². The van der Waals surface area contributed by atoms with E-state index in [1.807, 2.05) is 19.1 Å². The third-order valence-electron chi connectivity index (χ3n) is 7.17. The van der Waals surface area contributed by atoms with Gasteiger partial charge in [-0.2, -0.15) is 13.2 Å². The molecule has 4 heterocycles. The number of hydrogen-bond donors (Lipinski definition) is 2. The van der Waals surface area contributed by atoms with Crippen molar-refractivity contribution in [2.75, 3.05) is 55.9 Å². The van der Waals surface area contributed by atoms with Gasteiger partial charge in [0.05, 0.1) is 41.0 Å². The van der Waals surface area contributed by atoms with Gasteiger partial charge >= 0.3 is 6.18 Å². The number of methoxy groups -OCH3 is 1. The Labute approximate surface area is 241 Å². The van der Waals surface area contributed by atoms with E-state index in [4.69, 9.17) is 9.47 Å². The first-order valence-corrected chi connectivity index (χ1v) is 15.8. The zero-order chi connectivity index (χ0) is 29.2. The summed E-state index contributed by atoms with van der Waals surface area (Å²) < 4.78 is 77.7. The van der Waals surface area contributed by atoms with Crippen LogP contribution in [0.3, 0.4) is 0 Å². The largest absolute Gasteiger partial charge is 0.420 e. The zero-order valence-corrected chi connectivity index (χ0v) is 24.4. The highest BCUT2D eigenvalue weighted by Gasteiger charge is 2.37. The number of nitrogens with zero attached hydrogens (tertiary/aromatic N) is 3. The Morgan fingerprint density at radius 3 is 2.85 bits per heavy atom. The van der Waals surface area contributed by atoms with Gasteiger partial charge in [-0.3, -0.25) is 0 Å². The number of fused-ring (bicyclic) bond motifs is 1. The summed E-state index contributed by atoms with van der Waals surface area (Å²) in [6.07, 6.45) is -2.29. The fourth-order valence-electron chi connectivity index (χ4n) is 5.01. The van der Waals surface area contributed by atoms with Crippen molar-refractivity contribution in [1.29, 1.82) is 0 Å². The summed E-state index contributed by atoms with van der Waals surface area (Å²) in [6.45, 7) is 5.30. The predicted molar refractivity (Wildman–Crippen MR) is 152 cm³/mol. The minimum atomic E-state index is -4.73. The number of nitrogens with one attached hydrogen (secondary N) is 2. The third-order valence-corrected chi connectivity index (χ3v) is 10.2. The monoisotopic (exact) mass is 611 g/mol. The fourth-order valence-corrected chi connectivity index (χ4v) is 7.85. The van der Waals surface area contributed by atoms with Crippen molar-refractivity contribution >= 4 is 38.5 Å². The maximum absolute atomic E-state index is 14.0. The molecule has 9 nitrogen and oxygen atoms in total. The van der Waals surface area contributed by atoms with Crippen LogP contribution >= 0.6 is 11.3 Å². The molecule has 14 heteroatoms. The van der Waals surface area contributed by atoms with Crippen molar-refractivity contribution in [2.24, 2.45) is 0 Å². The van der Waals surface area contributed by atoms with Gasteiger partial charge in [-0.1, -0.05) is 6.92 Å². The topological polar surface area (TPSA) is 106 Å². The van der Waals surface area contributed by atoms with E-state index in [1.165, 1.54) is 6.07 Å². The number of anilines is 3. The number of thiophene rings is 1. The third kappa shape index (κ3) is 6.67. The Balaban J connectivity index is 1.42. The van der Waals surface area contributed by atoms with Crippen LogP contribution in [-0.4, -0.2) is 70.1 Å². The predicted octanol–water partition coefficient (Wildman–Crippen LogP) is 4.65. The molecule has 2 aliphatic heterocycles. The molecule has 0 amide bonds. The standard InChI is InChI=1S/C27H32F3N5O4S2/c1-3-17-12-19(35-8-6-18(15-35)31-7-9-38-2)4-5-21(17)33-26-32-14-20(27(28,29)30)25(34-26)22-13-24-23(40-22)16-39-10-11-41(24,36)37/h4-5,12-14,18,31H,3,6-11,15-16H2,1-2H3,(H,32,33,34). The van der Waals surface area contributed by atoms with Crippen molar-refractivity contribution in [3.05, 3.63) is 46.5 Å². The zero-order valence-electron chi connectivity index (χ0n) is 22.8. The van der Waals surface area contributed by atoms with Crippen LogP contribution in [0.15, 0.2) is 35.4 Å². The molecule has 1 fully saturated rings. The molecule has 222 valence electrons. The minimum absolute atomic E-state index is 0.00171. The van der Waals surface area contributed by atoms with Crippen molar-refractivity contribution in [3.8, 4) is 10.6 Å². The number of benzene rings is 1. The van der Waals surface area contributed by atoms with Crippen molar-refractivity contribution in [2.45, 2.75) is 43.5 Å². The Hall–Kier alpha value is -2.78. The lowest BCUT2D eigenvalue weighted by molar-refractivity contribution is -0.137. The molecule has 0 aliphatic carbocycles. The van der Waals surface area contributed by atoms with Crippen LogP contribution in [0.1, 0.15) is 29.3 Å². The summed E-state index contributed by atoms with van der Waals surface area (Å²) in [6, 6.07) is 7.58. The van der Waals surface area contributed by atoms with Crippen molar-refractivity contribution in [3.63, 3.8) is 0 Å². The number of alkyl halides is 3. The molecule has 1 aromatic carbocycles. The summed E-state index contributed by atoms with van der Waals surface area (Å²) in [4.78, 5) is 11.0. The molecule has 1 atom stereocenters. The second kappa shape index (κ2) is 12.2. The number of ether oxygens (including phenoxy) is 2. The summed E-state index contributed by atoms with van der Waals surface area (Å²) in [7, 11) is -1.99. The molecule has 41 heavy (non-hydrogen) atoms. The Morgan fingerprint density at radius 1 is 1.27 bits per heavy atom. The molecule has 3 aromatic rings. The highest BCUT2D eigenvalue weighted by Crippen LogP contribution is 2.42. The van der Waals surface area contributed by atoms with E-state index in [-0.39, 0.29) is 40.4 Å². The van der Waals surface area contributed by atoms with Crippen LogP contribution in [0.4, 0.5) is 30.5 Å². The highest BCUT2D eigenvalue weighted by atomic mass is 32.2. The lowest BCUT2D eigenvalue weighted by Crippen LogP contribution is -2.34. The fraction of sp³-hybridized carbons (Fsp3) is 0.481. The first-order valence-electron chi connectivity index (χ1n) is 13.3. The Morgan fingerprint density at radius 2 is 2.10 bits per heavy atom. The molecule has 0 saturated carbocycles. The number of rotatable bonds is 9. The number of aryl methyl sites for hydroxylation is 1. The first kappa shape index (κ1) is 29.7. The number of hydrogen-bond acceptors (Lipinski definition) is 10. The van der Waals surface area contributed by atoms with E-state index < -0.39 is 21.6 Å². The average molecular weight is 612 g/mol. The first-order chi connectivity index (χ1) is 19.6.